The Bertz CT molecular complexity index is 339. The monoisotopic (exact) mass is 246 g/mol. The van der Waals surface area contributed by atoms with Crippen LogP contribution in [0.25, 0.3) is 0 Å². The van der Waals surface area contributed by atoms with Crippen LogP contribution in [0.3, 0.4) is 0 Å². The van der Waals surface area contributed by atoms with Gasteiger partial charge in [0.25, 0.3) is 0 Å². The van der Waals surface area contributed by atoms with Gasteiger partial charge in [0.15, 0.2) is 0 Å². The van der Waals surface area contributed by atoms with Crippen molar-refractivity contribution >= 4 is 0 Å². The lowest BCUT2D eigenvalue weighted by Crippen LogP contribution is -2.26. The molecule has 1 aliphatic heterocycles. The molecule has 1 fully saturated rings. The number of hydrogen-bond acceptors (Lipinski definition) is 2. The lowest BCUT2D eigenvalue weighted by atomic mass is 10.1. The van der Waals surface area contributed by atoms with E-state index in [9.17, 15) is 0 Å². The summed E-state index contributed by atoms with van der Waals surface area (Å²) < 4.78 is 0. The van der Waals surface area contributed by atoms with Crippen molar-refractivity contribution in [2.24, 2.45) is 5.92 Å². The van der Waals surface area contributed by atoms with Crippen molar-refractivity contribution in [3.63, 3.8) is 0 Å². The largest absolute Gasteiger partial charge is 0.316 e. The molecule has 0 bridgehead atoms. The molecule has 0 amide bonds. The average Bonchev–Trinajstić information content (AvgIpc) is 2.84. The van der Waals surface area contributed by atoms with E-state index in [0.29, 0.717) is 0 Å². The van der Waals surface area contributed by atoms with E-state index in [-0.39, 0.29) is 0 Å². The molecule has 2 heteroatoms. The molecule has 0 spiro atoms. The standard InChI is InChI=1S/C16H26N2/c1-3-4-14-5-7-15(8-6-14)12-18(2)13-16-9-10-17-11-16/h5-8,16-17H,3-4,9-13H2,1-2H3. The van der Waals surface area contributed by atoms with Gasteiger partial charge in [0.2, 0.25) is 0 Å². The van der Waals surface area contributed by atoms with Crippen molar-refractivity contribution in [3.05, 3.63) is 35.4 Å². The number of nitrogens with one attached hydrogen (secondary N) is 1. The fourth-order valence-electron chi connectivity index (χ4n) is 2.79. The van der Waals surface area contributed by atoms with Gasteiger partial charge in [-0.25, -0.2) is 0 Å². The molecule has 1 aromatic rings. The van der Waals surface area contributed by atoms with Gasteiger partial charge >= 0.3 is 0 Å². The summed E-state index contributed by atoms with van der Waals surface area (Å²) in [7, 11) is 2.23. The number of hydrogen-bond donors (Lipinski definition) is 1. The number of rotatable bonds is 6. The van der Waals surface area contributed by atoms with E-state index in [4.69, 9.17) is 0 Å². The van der Waals surface area contributed by atoms with Crippen LogP contribution < -0.4 is 5.32 Å². The first-order valence-corrected chi connectivity index (χ1v) is 7.25. The van der Waals surface area contributed by atoms with Gasteiger partial charge in [-0.1, -0.05) is 37.6 Å². The fourth-order valence-corrected chi connectivity index (χ4v) is 2.79. The maximum Gasteiger partial charge on any atom is 0.0230 e. The maximum absolute atomic E-state index is 3.44. The molecule has 0 aromatic heterocycles. The van der Waals surface area contributed by atoms with Crippen molar-refractivity contribution in [3.8, 4) is 0 Å². The number of aryl methyl sites for hydroxylation is 1. The second kappa shape index (κ2) is 6.91. The minimum Gasteiger partial charge on any atom is -0.316 e. The third-order valence-electron chi connectivity index (χ3n) is 3.75. The van der Waals surface area contributed by atoms with Crippen LogP contribution >= 0.6 is 0 Å². The Hall–Kier alpha value is -0.860. The minimum absolute atomic E-state index is 0.842. The molecule has 0 radical (unpaired) electrons. The smallest absolute Gasteiger partial charge is 0.0230 e. The van der Waals surface area contributed by atoms with Crippen LogP contribution in [-0.2, 0) is 13.0 Å². The predicted molar refractivity (Wildman–Crippen MR) is 77.7 cm³/mol. The lowest BCUT2D eigenvalue weighted by molar-refractivity contribution is 0.278. The van der Waals surface area contributed by atoms with E-state index >= 15 is 0 Å². The molecule has 1 N–H and O–H groups in total. The molecule has 18 heavy (non-hydrogen) atoms. The summed E-state index contributed by atoms with van der Waals surface area (Å²) in [5.41, 5.74) is 2.90. The van der Waals surface area contributed by atoms with E-state index in [1.54, 1.807) is 0 Å². The highest BCUT2D eigenvalue weighted by atomic mass is 15.1. The van der Waals surface area contributed by atoms with E-state index in [1.807, 2.05) is 0 Å². The number of benzene rings is 1. The maximum atomic E-state index is 3.44. The van der Waals surface area contributed by atoms with Crippen LogP contribution in [0.1, 0.15) is 30.9 Å². The molecule has 1 atom stereocenters. The van der Waals surface area contributed by atoms with E-state index in [1.165, 1.54) is 50.0 Å². The molecule has 1 unspecified atom stereocenters. The minimum atomic E-state index is 0.842. The Morgan fingerprint density at radius 2 is 1.94 bits per heavy atom. The third kappa shape index (κ3) is 4.11. The molecule has 1 heterocycles. The SMILES string of the molecule is CCCc1ccc(CN(C)CC2CCNC2)cc1. The zero-order valence-corrected chi connectivity index (χ0v) is 11.8. The van der Waals surface area contributed by atoms with Crippen molar-refractivity contribution in [2.75, 3.05) is 26.7 Å². The van der Waals surface area contributed by atoms with Gasteiger partial charge in [0, 0.05) is 13.1 Å². The summed E-state index contributed by atoms with van der Waals surface area (Å²) >= 11 is 0. The van der Waals surface area contributed by atoms with Crippen LogP contribution in [0.4, 0.5) is 0 Å². The lowest BCUT2D eigenvalue weighted by Gasteiger charge is -2.20. The first-order valence-electron chi connectivity index (χ1n) is 7.25. The van der Waals surface area contributed by atoms with Crippen molar-refractivity contribution in [1.29, 1.82) is 0 Å². The topological polar surface area (TPSA) is 15.3 Å². The molecular weight excluding hydrogens is 220 g/mol. The van der Waals surface area contributed by atoms with Gasteiger partial charge < -0.3 is 10.2 Å². The fraction of sp³-hybridized carbons (Fsp3) is 0.625. The summed E-state index contributed by atoms with van der Waals surface area (Å²) in [5, 5.41) is 3.44. The highest BCUT2D eigenvalue weighted by Gasteiger charge is 2.16. The average molecular weight is 246 g/mol. The molecule has 0 saturated carbocycles. The first kappa shape index (κ1) is 13.6. The second-order valence-corrected chi connectivity index (χ2v) is 5.62. The summed E-state index contributed by atoms with van der Waals surface area (Å²) in [5.74, 6) is 0.842. The summed E-state index contributed by atoms with van der Waals surface area (Å²) in [6.45, 7) is 6.91. The van der Waals surface area contributed by atoms with Crippen LogP contribution in [0.15, 0.2) is 24.3 Å². The quantitative estimate of drug-likeness (QED) is 0.830. The van der Waals surface area contributed by atoms with Crippen LogP contribution in [0, 0.1) is 5.92 Å². The summed E-state index contributed by atoms with van der Waals surface area (Å²) in [6.07, 6.45) is 3.76. The molecule has 1 aromatic carbocycles. The van der Waals surface area contributed by atoms with Crippen LogP contribution in [-0.4, -0.2) is 31.6 Å². The number of nitrogens with zero attached hydrogens (tertiary/aromatic N) is 1. The zero-order chi connectivity index (χ0) is 12.8. The van der Waals surface area contributed by atoms with Crippen LogP contribution in [0.2, 0.25) is 0 Å². The Balaban J connectivity index is 1.80. The van der Waals surface area contributed by atoms with Crippen molar-refractivity contribution in [1.82, 2.24) is 10.2 Å². The second-order valence-electron chi connectivity index (χ2n) is 5.62. The van der Waals surface area contributed by atoms with Gasteiger partial charge in [-0.3, -0.25) is 0 Å². The zero-order valence-electron chi connectivity index (χ0n) is 11.8. The molecule has 100 valence electrons. The highest BCUT2D eigenvalue weighted by molar-refractivity contribution is 5.22. The van der Waals surface area contributed by atoms with Gasteiger partial charge in [0.1, 0.15) is 0 Å². The molecule has 1 saturated heterocycles. The molecule has 0 aliphatic carbocycles. The van der Waals surface area contributed by atoms with Gasteiger partial charge in [-0.2, -0.15) is 0 Å². The van der Waals surface area contributed by atoms with E-state index in [2.05, 4.69) is 48.5 Å². The normalized spacial score (nSPS) is 19.6. The van der Waals surface area contributed by atoms with E-state index in [0.717, 1.165) is 12.5 Å². The van der Waals surface area contributed by atoms with Gasteiger partial charge in [0.05, 0.1) is 0 Å². The predicted octanol–water partition coefficient (Wildman–Crippen LogP) is 2.68. The van der Waals surface area contributed by atoms with Crippen LogP contribution in [0.5, 0.6) is 0 Å². The van der Waals surface area contributed by atoms with Gasteiger partial charge in [-0.05, 0) is 50.0 Å². The molecule has 1 aliphatic rings. The highest BCUT2D eigenvalue weighted by Crippen LogP contribution is 2.12. The van der Waals surface area contributed by atoms with Crippen molar-refractivity contribution in [2.45, 2.75) is 32.7 Å². The summed E-state index contributed by atoms with van der Waals surface area (Å²) in [4.78, 5) is 2.45. The Morgan fingerprint density at radius 3 is 2.56 bits per heavy atom. The molecule has 2 rings (SSSR count). The molecule has 2 nitrogen and oxygen atoms in total. The van der Waals surface area contributed by atoms with Gasteiger partial charge in [-0.15, -0.1) is 0 Å². The van der Waals surface area contributed by atoms with E-state index < -0.39 is 0 Å². The third-order valence-corrected chi connectivity index (χ3v) is 3.75. The Morgan fingerprint density at radius 1 is 1.22 bits per heavy atom. The Labute approximate surface area is 111 Å². The Kier molecular flexibility index (Phi) is 5.21. The van der Waals surface area contributed by atoms with Crippen molar-refractivity contribution < 1.29 is 0 Å². The summed E-state index contributed by atoms with van der Waals surface area (Å²) in [6, 6.07) is 9.14. The first-order chi connectivity index (χ1) is 8.78. The molecular formula is C16H26N2.